The van der Waals surface area contributed by atoms with E-state index in [1.54, 1.807) is 4.90 Å². The number of nitrogens with one attached hydrogen (secondary N) is 1. The SMILES string of the molecule is C[C@@H](C(=O)NC(C)(C)C)N(CC1CCCCC1)C(=O)OCC1c2ccccc2-c2ccccc21. The van der Waals surface area contributed by atoms with Crippen molar-refractivity contribution in [1.82, 2.24) is 10.2 Å². The first-order valence-corrected chi connectivity index (χ1v) is 12.7. The molecule has 5 heteroatoms. The molecule has 34 heavy (non-hydrogen) atoms. The fourth-order valence-electron chi connectivity index (χ4n) is 5.33. The van der Waals surface area contributed by atoms with Crippen LogP contribution < -0.4 is 5.32 Å². The largest absolute Gasteiger partial charge is 0.448 e. The summed E-state index contributed by atoms with van der Waals surface area (Å²) in [6.45, 7) is 8.51. The predicted molar refractivity (Wildman–Crippen MR) is 136 cm³/mol. The number of hydrogen-bond acceptors (Lipinski definition) is 3. The van der Waals surface area contributed by atoms with Crippen molar-refractivity contribution in [3.05, 3.63) is 59.7 Å². The lowest BCUT2D eigenvalue weighted by Gasteiger charge is -2.34. The summed E-state index contributed by atoms with van der Waals surface area (Å²) in [7, 11) is 0. The number of ether oxygens (including phenoxy) is 1. The van der Waals surface area contributed by atoms with Gasteiger partial charge in [0.15, 0.2) is 0 Å². The fraction of sp³-hybridized carbons (Fsp3) is 0.517. The Kier molecular flexibility index (Phi) is 7.30. The highest BCUT2D eigenvalue weighted by molar-refractivity contribution is 5.86. The zero-order valence-electron chi connectivity index (χ0n) is 21.0. The summed E-state index contributed by atoms with van der Waals surface area (Å²) in [5, 5.41) is 3.03. The molecule has 1 fully saturated rings. The number of hydrogen-bond donors (Lipinski definition) is 1. The van der Waals surface area contributed by atoms with Gasteiger partial charge in [-0.15, -0.1) is 0 Å². The summed E-state index contributed by atoms with van der Waals surface area (Å²) in [4.78, 5) is 28.1. The monoisotopic (exact) mass is 462 g/mol. The normalized spacial score (nSPS) is 16.9. The molecule has 1 N–H and O–H groups in total. The smallest absolute Gasteiger partial charge is 0.410 e. The number of benzene rings is 2. The third kappa shape index (κ3) is 5.45. The Hall–Kier alpha value is -2.82. The quantitative estimate of drug-likeness (QED) is 0.562. The van der Waals surface area contributed by atoms with Crippen LogP contribution in [-0.4, -0.2) is 41.6 Å². The molecule has 2 amide bonds. The van der Waals surface area contributed by atoms with Crippen LogP contribution in [-0.2, 0) is 9.53 Å². The van der Waals surface area contributed by atoms with Crippen LogP contribution in [0.5, 0.6) is 0 Å². The van der Waals surface area contributed by atoms with E-state index < -0.39 is 12.1 Å². The molecule has 4 rings (SSSR count). The van der Waals surface area contributed by atoms with Crippen molar-refractivity contribution in [1.29, 1.82) is 0 Å². The average Bonchev–Trinajstić information content (AvgIpc) is 3.14. The van der Waals surface area contributed by atoms with Crippen LogP contribution in [0.15, 0.2) is 48.5 Å². The van der Waals surface area contributed by atoms with Gasteiger partial charge in [0.2, 0.25) is 5.91 Å². The molecular formula is C29H38N2O3. The molecule has 0 radical (unpaired) electrons. The Balaban J connectivity index is 1.50. The van der Waals surface area contributed by atoms with Gasteiger partial charge >= 0.3 is 6.09 Å². The van der Waals surface area contributed by atoms with Crippen LogP contribution in [0.1, 0.15) is 76.8 Å². The van der Waals surface area contributed by atoms with E-state index in [0.717, 1.165) is 12.8 Å². The van der Waals surface area contributed by atoms with Gasteiger partial charge in [-0.2, -0.15) is 0 Å². The second-order valence-corrected chi connectivity index (χ2v) is 10.9. The van der Waals surface area contributed by atoms with E-state index in [2.05, 4.69) is 29.6 Å². The molecule has 0 bridgehead atoms. The summed E-state index contributed by atoms with van der Waals surface area (Å²) < 4.78 is 5.95. The lowest BCUT2D eigenvalue weighted by Crippen LogP contribution is -2.53. The van der Waals surface area contributed by atoms with Gasteiger partial charge in [-0.05, 0) is 68.7 Å². The maximum absolute atomic E-state index is 13.4. The van der Waals surface area contributed by atoms with Gasteiger partial charge in [0.1, 0.15) is 12.6 Å². The van der Waals surface area contributed by atoms with Crippen molar-refractivity contribution >= 4 is 12.0 Å². The van der Waals surface area contributed by atoms with E-state index >= 15 is 0 Å². The first-order valence-electron chi connectivity index (χ1n) is 12.7. The zero-order chi connectivity index (χ0) is 24.3. The van der Waals surface area contributed by atoms with Crippen LogP contribution >= 0.6 is 0 Å². The van der Waals surface area contributed by atoms with E-state index in [4.69, 9.17) is 4.74 Å². The van der Waals surface area contributed by atoms with Crippen LogP contribution in [0.3, 0.4) is 0 Å². The van der Waals surface area contributed by atoms with Gasteiger partial charge in [-0.3, -0.25) is 9.69 Å². The topological polar surface area (TPSA) is 58.6 Å². The number of nitrogens with zero attached hydrogens (tertiary/aromatic N) is 1. The minimum atomic E-state index is -0.586. The van der Waals surface area contributed by atoms with E-state index in [9.17, 15) is 9.59 Å². The average molecular weight is 463 g/mol. The number of amides is 2. The van der Waals surface area contributed by atoms with Crippen molar-refractivity contribution in [2.45, 2.75) is 77.3 Å². The summed E-state index contributed by atoms with van der Waals surface area (Å²) in [5.41, 5.74) is 4.43. The fourth-order valence-corrected chi connectivity index (χ4v) is 5.33. The Morgan fingerprint density at radius 1 is 0.971 bits per heavy atom. The molecule has 2 aromatic carbocycles. The molecule has 182 valence electrons. The van der Waals surface area contributed by atoms with Gasteiger partial charge in [0, 0.05) is 18.0 Å². The summed E-state index contributed by atoms with van der Waals surface area (Å²) in [6, 6.07) is 16.1. The van der Waals surface area contributed by atoms with Crippen molar-refractivity contribution in [2.75, 3.05) is 13.2 Å². The molecule has 1 saturated carbocycles. The molecule has 0 spiro atoms. The maximum atomic E-state index is 13.4. The second-order valence-electron chi connectivity index (χ2n) is 10.9. The molecule has 0 heterocycles. The lowest BCUT2D eigenvalue weighted by atomic mass is 9.88. The van der Waals surface area contributed by atoms with Gasteiger partial charge in [-0.1, -0.05) is 67.8 Å². The Morgan fingerprint density at radius 3 is 2.09 bits per heavy atom. The van der Waals surface area contributed by atoms with E-state index in [-0.39, 0.29) is 24.0 Å². The molecule has 5 nitrogen and oxygen atoms in total. The molecular weight excluding hydrogens is 424 g/mol. The molecule has 2 aromatic rings. The molecule has 2 aliphatic rings. The molecule has 0 aliphatic heterocycles. The first kappa shape index (κ1) is 24.3. The molecule has 0 saturated heterocycles. The maximum Gasteiger partial charge on any atom is 0.410 e. The standard InChI is InChI=1S/C29H38N2O3/c1-20(27(32)30-29(2,3)4)31(18-21-12-6-5-7-13-21)28(33)34-19-26-24-16-10-8-14-22(24)23-15-9-11-17-25(23)26/h8-11,14-17,20-21,26H,5-7,12-13,18-19H2,1-4H3,(H,30,32)/t20-/m0/s1. The minimum absolute atomic E-state index is 0.00610. The predicted octanol–water partition coefficient (Wildman–Crippen LogP) is 6.12. The van der Waals surface area contributed by atoms with Gasteiger partial charge in [-0.25, -0.2) is 4.79 Å². The van der Waals surface area contributed by atoms with E-state index in [1.165, 1.54) is 41.5 Å². The third-order valence-electron chi connectivity index (χ3n) is 7.10. The number of carbonyl (C=O) groups is 2. The molecule has 2 aliphatic carbocycles. The highest BCUT2D eigenvalue weighted by atomic mass is 16.6. The highest BCUT2D eigenvalue weighted by Gasteiger charge is 2.34. The number of carbonyl (C=O) groups excluding carboxylic acids is 2. The Morgan fingerprint density at radius 2 is 1.53 bits per heavy atom. The van der Waals surface area contributed by atoms with Crippen LogP contribution in [0.2, 0.25) is 0 Å². The van der Waals surface area contributed by atoms with Crippen molar-refractivity contribution in [3.63, 3.8) is 0 Å². The Bertz CT molecular complexity index is 975. The first-order chi connectivity index (χ1) is 16.2. The third-order valence-corrected chi connectivity index (χ3v) is 7.10. The number of fused-ring (bicyclic) bond motifs is 3. The molecule has 0 unspecified atom stereocenters. The zero-order valence-corrected chi connectivity index (χ0v) is 21.0. The summed E-state index contributed by atoms with van der Waals surface area (Å²) >= 11 is 0. The van der Waals surface area contributed by atoms with Crippen LogP contribution in [0.25, 0.3) is 11.1 Å². The van der Waals surface area contributed by atoms with Crippen molar-refractivity contribution in [3.8, 4) is 11.1 Å². The minimum Gasteiger partial charge on any atom is -0.448 e. The summed E-state index contributed by atoms with van der Waals surface area (Å²) in [5.74, 6) is 0.280. The van der Waals surface area contributed by atoms with Crippen LogP contribution in [0.4, 0.5) is 4.79 Å². The van der Waals surface area contributed by atoms with Gasteiger partial charge in [0.05, 0.1) is 0 Å². The molecule has 1 atom stereocenters. The lowest BCUT2D eigenvalue weighted by molar-refractivity contribution is -0.127. The van der Waals surface area contributed by atoms with E-state index in [1.807, 2.05) is 52.0 Å². The Labute approximate surface area is 203 Å². The van der Waals surface area contributed by atoms with E-state index in [0.29, 0.717) is 12.5 Å². The number of rotatable bonds is 6. The van der Waals surface area contributed by atoms with Crippen molar-refractivity contribution in [2.24, 2.45) is 5.92 Å². The highest BCUT2D eigenvalue weighted by Crippen LogP contribution is 2.44. The summed E-state index contributed by atoms with van der Waals surface area (Å²) in [6.07, 6.45) is 5.42. The van der Waals surface area contributed by atoms with Crippen molar-refractivity contribution < 1.29 is 14.3 Å². The van der Waals surface area contributed by atoms with Gasteiger partial charge < -0.3 is 10.1 Å². The van der Waals surface area contributed by atoms with Gasteiger partial charge in [0.25, 0.3) is 0 Å². The van der Waals surface area contributed by atoms with Crippen LogP contribution in [0, 0.1) is 5.92 Å². The molecule has 0 aromatic heterocycles. The second kappa shape index (κ2) is 10.2.